The highest BCUT2D eigenvalue weighted by Crippen LogP contribution is 2.09. The maximum absolute atomic E-state index is 10.4. The summed E-state index contributed by atoms with van der Waals surface area (Å²) in [4.78, 5) is 10.4. The fraction of sp³-hybridized carbons (Fsp3) is 0.444. The Bertz CT molecular complexity index is 262. The molecule has 0 saturated carbocycles. The van der Waals surface area contributed by atoms with Crippen molar-refractivity contribution in [2.24, 2.45) is 0 Å². The third kappa shape index (κ3) is 2.42. The molecule has 1 aromatic rings. The van der Waals surface area contributed by atoms with E-state index in [9.17, 15) is 4.79 Å². The van der Waals surface area contributed by atoms with Crippen LogP contribution in [0, 0.1) is 0 Å². The van der Waals surface area contributed by atoms with E-state index in [1.54, 1.807) is 0 Å². The Morgan fingerprint density at radius 3 is 2.67 bits per heavy atom. The van der Waals surface area contributed by atoms with Crippen molar-refractivity contribution in [3.8, 4) is 0 Å². The van der Waals surface area contributed by atoms with E-state index >= 15 is 0 Å². The molecule has 3 heteroatoms. The molecule has 0 bridgehead atoms. The summed E-state index contributed by atoms with van der Waals surface area (Å²) in [5, 5.41) is 0. The molecule has 66 valence electrons. The smallest absolute Gasteiger partial charge is 0.303 e. The topological polar surface area (TPSA) is 39.4 Å². The predicted octanol–water partition coefficient (Wildman–Crippen LogP) is 1.91. The lowest BCUT2D eigenvalue weighted by Gasteiger charge is -1.96. The summed E-state index contributed by atoms with van der Waals surface area (Å²) in [6.07, 6.45) is 0.861. The fourth-order valence-electron chi connectivity index (χ4n) is 0.863. The number of ether oxygens (including phenoxy) is 1. The first-order valence-electron chi connectivity index (χ1n) is 3.93. The summed E-state index contributed by atoms with van der Waals surface area (Å²) in [5.41, 5.74) is 0. The number of rotatable bonds is 3. The van der Waals surface area contributed by atoms with Crippen LogP contribution in [0.2, 0.25) is 0 Å². The average molecular weight is 168 g/mol. The Hall–Kier alpha value is -1.25. The highest BCUT2D eigenvalue weighted by molar-refractivity contribution is 5.65. The average Bonchev–Trinajstić information content (AvgIpc) is 2.48. The lowest BCUT2D eigenvalue weighted by Crippen LogP contribution is -1.97. The van der Waals surface area contributed by atoms with E-state index in [0.29, 0.717) is 5.76 Å². The van der Waals surface area contributed by atoms with Crippen molar-refractivity contribution in [2.75, 3.05) is 0 Å². The normalized spacial score (nSPS) is 9.83. The van der Waals surface area contributed by atoms with Gasteiger partial charge in [0.15, 0.2) is 0 Å². The molecular weight excluding hydrogens is 156 g/mol. The van der Waals surface area contributed by atoms with Crippen LogP contribution < -0.4 is 0 Å². The maximum Gasteiger partial charge on any atom is 0.303 e. The van der Waals surface area contributed by atoms with Crippen molar-refractivity contribution in [2.45, 2.75) is 26.9 Å². The van der Waals surface area contributed by atoms with E-state index < -0.39 is 0 Å². The van der Waals surface area contributed by atoms with Gasteiger partial charge in [-0.15, -0.1) is 0 Å². The van der Waals surface area contributed by atoms with E-state index in [2.05, 4.69) is 0 Å². The third-order valence-corrected chi connectivity index (χ3v) is 1.48. The van der Waals surface area contributed by atoms with Gasteiger partial charge in [-0.05, 0) is 12.1 Å². The molecule has 1 rings (SSSR count). The van der Waals surface area contributed by atoms with Gasteiger partial charge in [0.25, 0.3) is 0 Å². The van der Waals surface area contributed by atoms with Crippen molar-refractivity contribution in [1.82, 2.24) is 0 Å². The van der Waals surface area contributed by atoms with Crippen LogP contribution in [-0.2, 0) is 22.6 Å². The highest BCUT2D eigenvalue weighted by atomic mass is 16.5. The minimum atomic E-state index is -0.288. The van der Waals surface area contributed by atoms with Crippen LogP contribution in [-0.4, -0.2) is 5.97 Å². The van der Waals surface area contributed by atoms with Gasteiger partial charge < -0.3 is 9.15 Å². The molecule has 0 radical (unpaired) electrons. The van der Waals surface area contributed by atoms with E-state index in [1.165, 1.54) is 6.92 Å². The molecule has 0 aliphatic rings. The van der Waals surface area contributed by atoms with Gasteiger partial charge in [-0.1, -0.05) is 6.92 Å². The van der Waals surface area contributed by atoms with Gasteiger partial charge in [0.05, 0.1) is 0 Å². The van der Waals surface area contributed by atoms with Crippen molar-refractivity contribution >= 4 is 5.97 Å². The van der Waals surface area contributed by atoms with Crippen LogP contribution in [0.3, 0.4) is 0 Å². The molecule has 0 spiro atoms. The molecule has 0 N–H and O–H groups in total. The van der Waals surface area contributed by atoms with E-state index in [1.807, 2.05) is 19.1 Å². The molecule has 12 heavy (non-hydrogen) atoms. The molecule has 0 aromatic carbocycles. The molecule has 0 atom stereocenters. The third-order valence-electron chi connectivity index (χ3n) is 1.48. The molecule has 1 aromatic heterocycles. The van der Waals surface area contributed by atoms with Crippen LogP contribution in [0.4, 0.5) is 0 Å². The molecule has 1 heterocycles. The first kappa shape index (κ1) is 8.84. The SMILES string of the molecule is CCc1ccc(COC(C)=O)o1. The summed E-state index contributed by atoms with van der Waals surface area (Å²) < 4.78 is 10.1. The van der Waals surface area contributed by atoms with E-state index in [4.69, 9.17) is 9.15 Å². The summed E-state index contributed by atoms with van der Waals surface area (Å²) in [6, 6.07) is 3.71. The summed E-state index contributed by atoms with van der Waals surface area (Å²) in [5.74, 6) is 1.32. The number of carbonyl (C=O) groups is 1. The van der Waals surface area contributed by atoms with Gasteiger partial charge >= 0.3 is 5.97 Å². The lowest BCUT2D eigenvalue weighted by molar-refractivity contribution is -0.142. The number of furan rings is 1. The lowest BCUT2D eigenvalue weighted by atomic mass is 10.4. The summed E-state index contributed by atoms with van der Waals surface area (Å²) in [6.45, 7) is 3.62. The van der Waals surface area contributed by atoms with Crippen molar-refractivity contribution < 1.29 is 13.9 Å². The molecule has 0 aliphatic carbocycles. The monoisotopic (exact) mass is 168 g/mol. The Kier molecular flexibility index (Phi) is 2.91. The quantitative estimate of drug-likeness (QED) is 0.647. The predicted molar refractivity (Wildman–Crippen MR) is 43.6 cm³/mol. The minimum absolute atomic E-state index is 0.231. The van der Waals surface area contributed by atoms with Crippen molar-refractivity contribution in [3.05, 3.63) is 23.7 Å². The van der Waals surface area contributed by atoms with E-state index in [-0.39, 0.29) is 12.6 Å². The van der Waals surface area contributed by atoms with Crippen molar-refractivity contribution in [1.29, 1.82) is 0 Å². The number of esters is 1. The zero-order valence-electron chi connectivity index (χ0n) is 7.29. The van der Waals surface area contributed by atoms with Crippen LogP contribution in [0.1, 0.15) is 25.4 Å². The second-order valence-corrected chi connectivity index (χ2v) is 2.50. The summed E-state index contributed by atoms with van der Waals surface area (Å²) >= 11 is 0. The maximum atomic E-state index is 10.4. The molecular formula is C9H12O3. The van der Waals surface area contributed by atoms with Gasteiger partial charge in [-0.25, -0.2) is 0 Å². The molecule has 0 unspecified atom stereocenters. The van der Waals surface area contributed by atoms with Gasteiger partial charge in [0.2, 0.25) is 0 Å². The van der Waals surface area contributed by atoms with Crippen LogP contribution in [0.25, 0.3) is 0 Å². The first-order valence-corrected chi connectivity index (χ1v) is 3.93. The van der Waals surface area contributed by atoms with Gasteiger partial charge in [-0.2, -0.15) is 0 Å². The molecule has 0 saturated heterocycles. The van der Waals surface area contributed by atoms with Crippen LogP contribution in [0.15, 0.2) is 16.5 Å². The van der Waals surface area contributed by atoms with Gasteiger partial charge in [0.1, 0.15) is 18.1 Å². The number of hydrogen-bond donors (Lipinski definition) is 0. The van der Waals surface area contributed by atoms with E-state index in [0.717, 1.165) is 12.2 Å². The molecule has 3 nitrogen and oxygen atoms in total. The Morgan fingerprint density at radius 1 is 1.50 bits per heavy atom. The molecule has 0 fully saturated rings. The fourth-order valence-corrected chi connectivity index (χ4v) is 0.863. The Morgan fingerprint density at radius 2 is 2.17 bits per heavy atom. The van der Waals surface area contributed by atoms with Crippen LogP contribution in [0.5, 0.6) is 0 Å². The molecule has 0 amide bonds. The van der Waals surface area contributed by atoms with Gasteiger partial charge in [-0.3, -0.25) is 4.79 Å². The first-order chi connectivity index (χ1) is 5.72. The number of hydrogen-bond acceptors (Lipinski definition) is 3. The second kappa shape index (κ2) is 3.95. The largest absolute Gasteiger partial charge is 0.462 e. The number of carbonyl (C=O) groups excluding carboxylic acids is 1. The zero-order chi connectivity index (χ0) is 8.97. The highest BCUT2D eigenvalue weighted by Gasteiger charge is 2.01. The number of aryl methyl sites for hydroxylation is 1. The minimum Gasteiger partial charge on any atom is -0.462 e. The zero-order valence-corrected chi connectivity index (χ0v) is 7.29. The van der Waals surface area contributed by atoms with Crippen LogP contribution >= 0.6 is 0 Å². The molecule has 0 aliphatic heterocycles. The Labute approximate surface area is 71.3 Å². The standard InChI is InChI=1S/C9H12O3/c1-3-8-4-5-9(12-8)6-11-7(2)10/h4-5H,3,6H2,1-2H3. The second-order valence-electron chi connectivity index (χ2n) is 2.50. The van der Waals surface area contributed by atoms with Gasteiger partial charge in [0, 0.05) is 13.3 Å². The summed E-state index contributed by atoms with van der Waals surface area (Å²) in [7, 11) is 0. The van der Waals surface area contributed by atoms with Crippen molar-refractivity contribution in [3.63, 3.8) is 0 Å². The Balaban J connectivity index is 2.47.